The maximum atomic E-state index is 10.6. The molecule has 1 N–H and O–H groups in total. The van der Waals surface area contributed by atoms with Crippen LogP contribution in [0.25, 0.3) is 0 Å². The van der Waals surface area contributed by atoms with Gasteiger partial charge in [0.15, 0.2) is 0 Å². The first kappa shape index (κ1) is 12.3. The number of carbonyl (C=O) groups excluding carboxylic acids is 1. The summed E-state index contributed by atoms with van der Waals surface area (Å²) in [6.07, 6.45) is 1.48. The maximum absolute atomic E-state index is 10.6. The van der Waals surface area contributed by atoms with Crippen molar-refractivity contribution in [1.29, 1.82) is 5.26 Å². The zero-order valence-corrected chi connectivity index (χ0v) is 9.87. The second-order valence-corrected chi connectivity index (χ2v) is 3.98. The number of hydrogen-bond donors (Lipinski definition) is 1. The van der Waals surface area contributed by atoms with Crippen LogP contribution in [-0.2, 0) is 11.2 Å². The van der Waals surface area contributed by atoms with Crippen molar-refractivity contribution in [2.45, 2.75) is 33.1 Å². The summed E-state index contributed by atoms with van der Waals surface area (Å²) in [5, 5.41) is 11.7. The number of nitriles is 1. The third-order valence-corrected chi connectivity index (χ3v) is 2.59. The van der Waals surface area contributed by atoms with Crippen LogP contribution < -0.4 is 5.32 Å². The Kier molecular flexibility index (Phi) is 4.07. The number of amides is 1. The normalized spacial score (nSPS) is 9.94. The molecule has 0 aromatic heterocycles. The average Bonchev–Trinajstić information content (AvgIpc) is 2.29. The van der Waals surface area contributed by atoms with E-state index in [9.17, 15) is 4.79 Å². The largest absolute Gasteiger partial charge is 0.328 e. The minimum atomic E-state index is 0.279. The quantitative estimate of drug-likeness (QED) is 0.787. The van der Waals surface area contributed by atoms with Gasteiger partial charge in [-0.2, -0.15) is 5.26 Å². The standard InChI is InChI=1S/C13H16N2O/c1-4-11-5-10(7-14)6-12(9(2)3)13(11)15-8-16/h5-6,8-9H,4H2,1-3H3,(H,15,16). The van der Waals surface area contributed by atoms with Gasteiger partial charge in [-0.3, -0.25) is 4.79 Å². The highest BCUT2D eigenvalue weighted by Gasteiger charge is 2.12. The highest BCUT2D eigenvalue weighted by atomic mass is 16.1. The first-order valence-corrected chi connectivity index (χ1v) is 5.41. The molecule has 1 aromatic carbocycles. The van der Waals surface area contributed by atoms with Gasteiger partial charge in [-0.15, -0.1) is 0 Å². The molecular formula is C13H16N2O. The molecule has 0 heterocycles. The zero-order valence-electron chi connectivity index (χ0n) is 9.87. The molecule has 0 saturated carbocycles. The molecule has 0 bridgehead atoms. The molecule has 1 aromatic rings. The molecule has 0 aliphatic rings. The van der Waals surface area contributed by atoms with Crippen LogP contribution in [0.1, 0.15) is 43.4 Å². The van der Waals surface area contributed by atoms with Crippen molar-refractivity contribution in [3.63, 3.8) is 0 Å². The Bertz CT molecular complexity index is 430. The van der Waals surface area contributed by atoms with Crippen molar-refractivity contribution < 1.29 is 4.79 Å². The highest BCUT2D eigenvalue weighted by Crippen LogP contribution is 2.29. The molecule has 0 unspecified atom stereocenters. The molecule has 0 aliphatic carbocycles. The number of carbonyl (C=O) groups is 1. The predicted octanol–water partition coefficient (Wildman–Crippen LogP) is 2.81. The third kappa shape index (κ3) is 2.40. The van der Waals surface area contributed by atoms with Crippen LogP contribution in [0, 0.1) is 11.3 Å². The molecule has 0 fully saturated rings. The van der Waals surface area contributed by atoms with Crippen LogP contribution >= 0.6 is 0 Å². The van der Waals surface area contributed by atoms with Gasteiger partial charge in [0, 0.05) is 5.69 Å². The van der Waals surface area contributed by atoms with Crippen LogP contribution in [0.15, 0.2) is 12.1 Å². The van der Waals surface area contributed by atoms with E-state index in [1.54, 1.807) is 0 Å². The fourth-order valence-corrected chi connectivity index (χ4v) is 1.76. The van der Waals surface area contributed by atoms with Gasteiger partial charge in [-0.25, -0.2) is 0 Å². The fraction of sp³-hybridized carbons (Fsp3) is 0.385. The lowest BCUT2D eigenvalue weighted by atomic mass is 9.94. The monoisotopic (exact) mass is 216 g/mol. The van der Waals surface area contributed by atoms with E-state index in [-0.39, 0.29) is 5.92 Å². The van der Waals surface area contributed by atoms with E-state index in [0.29, 0.717) is 12.0 Å². The lowest BCUT2D eigenvalue weighted by Crippen LogP contribution is -2.05. The van der Waals surface area contributed by atoms with Crippen LogP contribution in [-0.4, -0.2) is 6.41 Å². The SMILES string of the molecule is CCc1cc(C#N)cc(C(C)C)c1NC=O. The van der Waals surface area contributed by atoms with Gasteiger partial charge in [-0.1, -0.05) is 20.8 Å². The van der Waals surface area contributed by atoms with E-state index in [1.165, 1.54) is 0 Å². The number of anilines is 1. The number of rotatable bonds is 4. The number of aryl methyl sites for hydroxylation is 1. The summed E-state index contributed by atoms with van der Waals surface area (Å²) in [5.74, 6) is 0.279. The molecular weight excluding hydrogens is 200 g/mol. The van der Waals surface area contributed by atoms with Gasteiger partial charge in [0.2, 0.25) is 6.41 Å². The Hall–Kier alpha value is -1.82. The van der Waals surface area contributed by atoms with E-state index in [2.05, 4.69) is 11.4 Å². The smallest absolute Gasteiger partial charge is 0.211 e. The van der Waals surface area contributed by atoms with Gasteiger partial charge in [0.1, 0.15) is 0 Å². The van der Waals surface area contributed by atoms with Crippen molar-refractivity contribution in [2.24, 2.45) is 0 Å². The minimum Gasteiger partial charge on any atom is -0.328 e. The summed E-state index contributed by atoms with van der Waals surface area (Å²) in [6, 6.07) is 5.82. The van der Waals surface area contributed by atoms with Crippen molar-refractivity contribution in [2.75, 3.05) is 5.32 Å². The molecule has 0 aliphatic heterocycles. The van der Waals surface area contributed by atoms with Crippen molar-refractivity contribution in [3.05, 3.63) is 28.8 Å². The topological polar surface area (TPSA) is 52.9 Å². The Morgan fingerprint density at radius 2 is 2.19 bits per heavy atom. The van der Waals surface area contributed by atoms with Crippen molar-refractivity contribution in [1.82, 2.24) is 0 Å². The lowest BCUT2D eigenvalue weighted by Gasteiger charge is -2.16. The van der Waals surface area contributed by atoms with Gasteiger partial charge >= 0.3 is 0 Å². The summed E-state index contributed by atoms with van der Waals surface area (Å²) in [4.78, 5) is 10.6. The molecule has 1 rings (SSSR count). The number of benzene rings is 1. The van der Waals surface area contributed by atoms with Crippen LogP contribution in [0.2, 0.25) is 0 Å². The molecule has 0 saturated heterocycles. The molecule has 84 valence electrons. The third-order valence-electron chi connectivity index (χ3n) is 2.59. The summed E-state index contributed by atoms with van der Waals surface area (Å²) < 4.78 is 0. The van der Waals surface area contributed by atoms with E-state index in [4.69, 9.17) is 5.26 Å². The summed E-state index contributed by atoms with van der Waals surface area (Å²) >= 11 is 0. The van der Waals surface area contributed by atoms with E-state index < -0.39 is 0 Å². The Morgan fingerprint density at radius 3 is 2.62 bits per heavy atom. The molecule has 16 heavy (non-hydrogen) atoms. The summed E-state index contributed by atoms with van der Waals surface area (Å²) in [5.41, 5.74) is 3.53. The second kappa shape index (κ2) is 5.32. The Morgan fingerprint density at radius 1 is 1.50 bits per heavy atom. The molecule has 3 heteroatoms. The Balaban J connectivity index is 3.41. The zero-order chi connectivity index (χ0) is 12.1. The predicted molar refractivity (Wildman–Crippen MR) is 64.3 cm³/mol. The molecule has 0 spiro atoms. The summed E-state index contributed by atoms with van der Waals surface area (Å²) in [6.45, 7) is 6.11. The number of nitrogens with zero attached hydrogens (tertiary/aromatic N) is 1. The van der Waals surface area contributed by atoms with E-state index in [0.717, 1.165) is 23.2 Å². The van der Waals surface area contributed by atoms with Gasteiger partial charge in [0.05, 0.1) is 11.6 Å². The second-order valence-electron chi connectivity index (χ2n) is 3.98. The Labute approximate surface area is 96.1 Å². The van der Waals surface area contributed by atoms with Gasteiger partial charge in [0.25, 0.3) is 0 Å². The van der Waals surface area contributed by atoms with E-state index >= 15 is 0 Å². The molecule has 3 nitrogen and oxygen atoms in total. The molecule has 1 amide bonds. The van der Waals surface area contributed by atoms with Gasteiger partial charge < -0.3 is 5.32 Å². The minimum absolute atomic E-state index is 0.279. The number of nitrogens with one attached hydrogen (secondary N) is 1. The van der Waals surface area contributed by atoms with Crippen LogP contribution in [0.4, 0.5) is 5.69 Å². The van der Waals surface area contributed by atoms with Crippen molar-refractivity contribution in [3.8, 4) is 6.07 Å². The number of hydrogen-bond acceptors (Lipinski definition) is 2. The molecule has 0 radical (unpaired) electrons. The molecule has 0 atom stereocenters. The first-order chi connectivity index (χ1) is 7.63. The van der Waals surface area contributed by atoms with Crippen LogP contribution in [0.3, 0.4) is 0 Å². The van der Waals surface area contributed by atoms with E-state index in [1.807, 2.05) is 32.9 Å². The highest BCUT2D eigenvalue weighted by molar-refractivity contribution is 5.77. The first-order valence-electron chi connectivity index (χ1n) is 5.41. The maximum Gasteiger partial charge on any atom is 0.211 e. The fourth-order valence-electron chi connectivity index (χ4n) is 1.76. The lowest BCUT2D eigenvalue weighted by molar-refractivity contribution is -0.105. The van der Waals surface area contributed by atoms with Gasteiger partial charge in [-0.05, 0) is 35.6 Å². The van der Waals surface area contributed by atoms with Crippen molar-refractivity contribution >= 4 is 12.1 Å². The summed E-state index contributed by atoms with van der Waals surface area (Å²) in [7, 11) is 0. The van der Waals surface area contributed by atoms with Crippen LogP contribution in [0.5, 0.6) is 0 Å². The average molecular weight is 216 g/mol.